The SMILES string of the molecule is Fc1ccc2c(c1)ncn2C1CCCCO1. The molecule has 1 saturated heterocycles. The summed E-state index contributed by atoms with van der Waals surface area (Å²) in [5.41, 5.74) is 1.63. The minimum atomic E-state index is -0.248. The molecule has 0 aliphatic carbocycles. The molecule has 16 heavy (non-hydrogen) atoms. The van der Waals surface area contributed by atoms with Crippen LogP contribution < -0.4 is 0 Å². The summed E-state index contributed by atoms with van der Waals surface area (Å²) >= 11 is 0. The molecule has 0 bridgehead atoms. The van der Waals surface area contributed by atoms with Crippen LogP contribution in [0.3, 0.4) is 0 Å². The maximum Gasteiger partial charge on any atom is 0.135 e. The summed E-state index contributed by atoms with van der Waals surface area (Å²) in [6.45, 7) is 0.797. The Kier molecular flexibility index (Phi) is 2.36. The first-order valence-electron chi connectivity index (χ1n) is 5.58. The number of hydrogen-bond acceptors (Lipinski definition) is 2. The Morgan fingerprint density at radius 2 is 2.31 bits per heavy atom. The number of fused-ring (bicyclic) bond motifs is 1. The average molecular weight is 220 g/mol. The van der Waals surface area contributed by atoms with Gasteiger partial charge in [0.05, 0.1) is 17.4 Å². The first kappa shape index (κ1) is 9.78. The maximum absolute atomic E-state index is 13.0. The van der Waals surface area contributed by atoms with E-state index in [2.05, 4.69) is 4.98 Å². The molecule has 0 spiro atoms. The predicted octanol–water partition coefficient (Wildman–Crippen LogP) is 2.87. The van der Waals surface area contributed by atoms with E-state index in [9.17, 15) is 4.39 Å². The second-order valence-corrected chi connectivity index (χ2v) is 4.11. The molecule has 1 aromatic heterocycles. The smallest absolute Gasteiger partial charge is 0.135 e. The first-order chi connectivity index (χ1) is 7.84. The number of hydrogen-bond donors (Lipinski definition) is 0. The topological polar surface area (TPSA) is 27.1 Å². The van der Waals surface area contributed by atoms with Gasteiger partial charge in [0.1, 0.15) is 12.0 Å². The molecule has 0 amide bonds. The molecule has 0 N–H and O–H groups in total. The lowest BCUT2D eigenvalue weighted by Crippen LogP contribution is -2.17. The van der Waals surface area contributed by atoms with Crippen LogP contribution in [-0.4, -0.2) is 16.2 Å². The lowest BCUT2D eigenvalue weighted by Gasteiger charge is -2.24. The Labute approximate surface area is 92.8 Å². The van der Waals surface area contributed by atoms with Crippen LogP contribution >= 0.6 is 0 Å². The van der Waals surface area contributed by atoms with Gasteiger partial charge in [0.15, 0.2) is 0 Å². The molecule has 2 aromatic rings. The van der Waals surface area contributed by atoms with Crippen LogP contribution in [0.4, 0.5) is 4.39 Å². The number of benzene rings is 1. The van der Waals surface area contributed by atoms with Gasteiger partial charge in [-0.1, -0.05) is 0 Å². The van der Waals surface area contributed by atoms with E-state index in [0.29, 0.717) is 5.52 Å². The molecule has 0 saturated carbocycles. The van der Waals surface area contributed by atoms with Crippen LogP contribution in [-0.2, 0) is 4.74 Å². The highest BCUT2D eigenvalue weighted by molar-refractivity contribution is 5.75. The molecule has 4 heteroatoms. The monoisotopic (exact) mass is 220 g/mol. The zero-order valence-electron chi connectivity index (χ0n) is 8.90. The summed E-state index contributed by atoms with van der Waals surface area (Å²) in [4.78, 5) is 4.20. The summed E-state index contributed by atoms with van der Waals surface area (Å²) in [7, 11) is 0. The fourth-order valence-corrected chi connectivity index (χ4v) is 2.18. The Balaban J connectivity index is 2.03. The van der Waals surface area contributed by atoms with Crippen molar-refractivity contribution in [3.05, 3.63) is 30.3 Å². The Hall–Kier alpha value is -1.42. The van der Waals surface area contributed by atoms with Crippen LogP contribution in [0, 0.1) is 5.82 Å². The van der Waals surface area contributed by atoms with Crippen LogP contribution in [0.25, 0.3) is 11.0 Å². The van der Waals surface area contributed by atoms with E-state index in [4.69, 9.17) is 4.74 Å². The van der Waals surface area contributed by atoms with Gasteiger partial charge >= 0.3 is 0 Å². The fourth-order valence-electron chi connectivity index (χ4n) is 2.18. The van der Waals surface area contributed by atoms with Gasteiger partial charge in [0.2, 0.25) is 0 Å². The number of halogens is 1. The van der Waals surface area contributed by atoms with Crippen molar-refractivity contribution in [2.75, 3.05) is 6.61 Å². The third-order valence-electron chi connectivity index (χ3n) is 3.00. The Morgan fingerprint density at radius 3 is 3.12 bits per heavy atom. The highest BCUT2D eigenvalue weighted by atomic mass is 19.1. The van der Waals surface area contributed by atoms with Crippen molar-refractivity contribution in [2.24, 2.45) is 0 Å². The van der Waals surface area contributed by atoms with E-state index in [1.165, 1.54) is 18.6 Å². The minimum Gasteiger partial charge on any atom is -0.358 e. The molecule has 1 unspecified atom stereocenters. The molecule has 1 atom stereocenters. The van der Waals surface area contributed by atoms with E-state index in [-0.39, 0.29) is 12.0 Å². The van der Waals surface area contributed by atoms with Crippen molar-refractivity contribution in [1.29, 1.82) is 0 Å². The van der Waals surface area contributed by atoms with Crippen LogP contribution in [0.2, 0.25) is 0 Å². The highest BCUT2D eigenvalue weighted by Crippen LogP contribution is 2.26. The fraction of sp³-hybridized carbons (Fsp3) is 0.417. The summed E-state index contributed by atoms with van der Waals surface area (Å²) in [5, 5.41) is 0. The van der Waals surface area contributed by atoms with E-state index in [1.54, 1.807) is 12.4 Å². The predicted molar refractivity (Wildman–Crippen MR) is 58.5 cm³/mol. The number of nitrogens with zero attached hydrogens (tertiary/aromatic N) is 2. The van der Waals surface area contributed by atoms with Crippen molar-refractivity contribution in [2.45, 2.75) is 25.5 Å². The lowest BCUT2D eigenvalue weighted by molar-refractivity contribution is -0.0295. The highest BCUT2D eigenvalue weighted by Gasteiger charge is 2.17. The minimum absolute atomic E-state index is 0.0595. The van der Waals surface area contributed by atoms with Gasteiger partial charge in [-0.3, -0.25) is 0 Å². The first-order valence-corrected chi connectivity index (χ1v) is 5.58. The number of imidazole rings is 1. The molecular weight excluding hydrogens is 207 g/mol. The van der Waals surface area contributed by atoms with Crippen LogP contribution in [0.5, 0.6) is 0 Å². The second kappa shape index (κ2) is 3.87. The summed E-state index contributed by atoms with van der Waals surface area (Å²) in [6, 6.07) is 4.67. The van der Waals surface area contributed by atoms with Gasteiger partial charge in [-0.05, 0) is 31.4 Å². The van der Waals surface area contributed by atoms with Gasteiger partial charge in [0.25, 0.3) is 0 Å². The van der Waals surface area contributed by atoms with E-state index < -0.39 is 0 Å². The summed E-state index contributed by atoms with van der Waals surface area (Å²) in [6.07, 6.45) is 5.09. The van der Waals surface area contributed by atoms with Crippen molar-refractivity contribution in [3.8, 4) is 0 Å². The zero-order valence-corrected chi connectivity index (χ0v) is 8.90. The molecule has 3 rings (SSSR count). The number of rotatable bonds is 1. The van der Waals surface area contributed by atoms with E-state index >= 15 is 0 Å². The van der Waals surface area contributed by atoms with Crippen molar-refractivity contribution < 1.29 is 9.13 Å². The number of aromatic nitrogens is 2. The largest absolute Gasteiger partial charge is 0.358 e. The van der Waals surface area contributed by atoms with Crippen molar-refractivity contribution in [3.63, 3.8) is 0 Å². The third-order valence-corrected chi connectivity index (χ3v) is 3.00. The molecule has 3 nitrogen and oxygen atoms in total. The molecular formula is C12H13FN2O. The second-order valence-electron chi connectivity index (χ2n) is 4.11. The molecule has 1 aromatic carbocycles. The molecule has 1 fully saturated rings. The maximum atomic E-state index is 13.0. The van der Waals surface area contributed by atoms with Crippen molar-refractivity contribution >= 4 is 11.0 Å². The van der Waals surface area contributed by atoms with Gasteiger partial charge in [-0.15, -0.1) is 0 Å². The molecule has 84 valence electrons. The lowest BCUT2D eigenvalue weighted by atomic mass is 10.2. The van der Waals surface area contributed by atoms with Crippen molar-refractivity contribution in [1.82, 2.24) is 9.55 Å². The average Bonchev–Trinajstić information content (AvgIpc) is 2.73. The van der Waals surface area contributed by atoms with Gasteiger partial charge in [0, 0.05) is 12.7 Å². The Bertz CT molecular complexity index is 503. The standard InChI is InChI=1S/C12H13FN2O/c13-9-4-5-11-10(7-9)14-8-15(11)12-3-1-2-6-16-12/h4-5,7-8,12H,1-3,6H2. The number of ether oxygens (including phenoxy) is 1. The molecule has 1 aliphatic rings. The molecule has 1 aliphatic heterocycles. The Morgan fingerprint density at radius 1 is 1.38 bits per heavy atom. The summed E-state index contributed by atoms with van der Waals surface area (Å²) in [5.74, 6) is -0.248. The van der Waals surface area contributed by atoms with E-state index in [0.717, 1.165) is 25.0 Å². The van der Waals surface area contributed by atoms with Gasteiger partial charge in [-0.25, -0.2) is 9.37 Å². The zero-order chi connectivity index (χ0) is 11.0. The summed E-state index contributed by atoms with van der Waals surface area (Å²) < 4.78 is 20.7. The van der Waals surface area contributed by atoms with Crippen LogP contribution in [0.15, 0.2) is 24.5 Å². The van der Waals surface area contributed by atoms with Gasteiger partial charge in [-0.2, -0.15) is 0 Å². The van der Waals surface area contributed by atoms with Crippen LogP contribution in [0.1, 0.15) is 25.5 Å². The third kappa shape index (κ3) is 1.59. The molecule has 0 radical (unpaired) electrons. The molecule has 2 heterocycles. The normalized spacial score (nSPS) is 21.4. The van der Waals surface area contributed by atoms with E-state index in [1.807, 2.05) is 4.57 Å². The van der Waals surface area contributed by atoms with Gasteiger partial charge < -0.3 is 9.30 Å². The quantitative estimate of drug-likeness (QED) is 0.738.